The van der Waals surface area contributed by atoms with Crippen LogP contribution < -0.4 is 9.47 Å². The van der Waals surface area contributed by atoms with Gasteiger partial charge in [0.1, 0.15) is 11.5 Å². The Morgan fingerprint density at radius 1 is 1.26 bits per heavy atom. The molecular weight excluding hydrogens is 274 g/mol. The van der Waals surface area contributed by atoms with Crippen LogP contribution in [0.4, 0.5) is 5.69 Å². The molecule has 8 heteroatoms. The van der Waals surface area contributed by atoms with Crippen LogP contribution in [0.1, 0.15) is 0 Å². The van der Waals surface area contributed by atoms with Gasteiger partial charge in [-0.3, -0.25) is 10.1 Å². The first-order valence-electron chi connectivity index (χ1n) is 5.08. The second kappa shape index (κ2) is 5.49. The highest BCUT2D eigenvalue weighted by Crippen LogP contribution is 2.34. The van der Waals surface area contributed by atoms with E-state index in [9.17, 15) is 10.1 Å². The number of benzene rings is 1. The van der Waals surface area contributed by atoms with E-state index in [0.29, 0.717) is 5.75 Å². The maximum Gasteiger partial charge on any atom is 0.273 e. The molecule has 0 spiro atoms. The molecule has 2 aromatic rings. The molecule has 0 saturated carbocycles. The average Bonchev–Trinajstić information content (AvgIpc) is 2.39. The number of ether oxygens (including phenoxy) is 2. The van der Waals surface area contributed by atoms with Crippen molar-refractivity contribution >= 4 is 17.3 Å². The quantitative estimate of drug-likeness (QED) is 0.486. The monoisotopic (exact) mass is 281 g/mol. The minimum atomic E-state index is -0.520. The molecule has 7 nitrogen and oxygen atoms in total. The molecule has 0 N–H and O–H groups in total. The Balaban J connectivity index is 2.32. The summed E-state index contributed by atoms with van der Waals surface area (Å²) in [7, 11) is 1.39. The summed E-state index contributed by atoms with van der Waals surface area (Å²) in [6.45, 7) is 0. The smallest absolute Gasteiger partial charge is 0.273 e. The van der Waals surface area contributed by atoms with Gasteiger partial charge in [0.15, 0.2) is 11.5 Å². The zero-order valence-corrected chi connectivity index (χ0v) is 10.5. The summed E-state index contributed by atoms with van der Waals surface area (Å²) in [5.74, 6) is 0.735. The Labute approximate surface area is 112 Å². The summed E-state index contributed by atoms with van der Waals surface area (Å²) in [5.41, 5.74) is -0.0927. The Morgan fingerprint density at radius 3 is 2.68 bits per heavy atom. The number of non-ortho nitro benzene ring substituents is 1. The second-order valence-electron chi connectivity index (χ2n) is 3.37. The van der Waals surface area contributed by atoms with E-state index >= 15 is 0 Å². The molecule has 2 rings (SSSR count). The molecule has 1 heterocycles. The Bertz CT molecular complexity index is 621. The largest absolute Gasteiger partial charge is 0.493 e. The first-order valence-corrected chi connectivity index (χ1v) is 5.46. The SMILES string of the molecule is COc1cc([N+](=O)[O-])ccc1Oc1cc(Cl)ncn1. The molecule has 0 amide bonds. The van der Waals surface area contributed by atoms with E-state index in [0.717, 1.165) is 0 Å². The maximum atomic E-state index is 10.7. The van der Waals surface area contributed by atoms with Gasteiger partial charge in [0, 0.05) is 12.1 Å². The summed E-state index contributed by atoms with van der Waals surface area (Å²) in [4.78, 5) is 17.7. The average molecular weight is 282 g/mol. The van der Waals surface area contributed by atoms with Gasteiger partial charge >= 0.3 is 0 Å². The number of hydrogen-bond acceptors (Lipinski definition) is 6. The van der Waals surface area contributed by atoms with Crippen LogP contribution in [0, 0.1) is 10.1 Å². The minimum absolute atomic E-state index is 0.0927. The highest BCUT2D eigenvalue weighted by Gasteiger charge is 2.13. The van der Waals surface area contributed by atoms with Crippen molar-refractivity contribution in [1.82, 2.24) is 9.97 Å². The van der Waals surface area contributed by atoms with Crippen LogP contribution in [0.15, 0.2) is 30.6 Å². The maximum absolute atomic E-state index is 10.7. The van der Waals surface area contributed by atoms with Crippen molar-refractivity contribution in [3.8, 4) is 17.4 Å². The molecular formula is C11H8ClN3O4. The Kier molecular flexibility index (Phi) is 3.76. The number of hydrogen-bond donors (Lipinski definition) is 0. The molecule has 0 bridgehead atoms. The van der Waals surface area contributed by atoms with Gasteiger partial charge in [0.25, 0.3) is 5.69 Å². The number of nitrogens with zero attached hydrogens (tertiary/aromatic N) is 3. The summed E-state index contributed by atoms with van der Waals surface area (Å²) in [6, 6.07) is 5.41. The number of halogens is 1. The third-order valence-electron chi connectivity index (χ3n) is 2.18. The number of rotatable bonds is 4. The molecule has 0 fully saturated rings. The first kappa shape index (κ1) is 13.0. The summed E-state index contributed by atoms with van der Waals surface area (Å²) < 4.78 is 10.5. The molecule has 0 unspecified atom stereocenters. The van der Waals surface area contributed by atoms with Gasteiger partial charge in [0.2, 0.25) is 5.88 Å². The molecule has 0 radical (unpaired) electrons. The molecule has 0 aliphatic rings. The van der Waals surface area contributed by atoms with Gasteiger partial charge in [-0.15, -0.1) is 0 Å². The zero-order valence-electron chi connectivity index (χ0n) is 9.74. The van der Waals surface area contributed by atoms with Crippen LogP contribution in [0.3, 0.4) is 0 Å². The van der Waals surface area contributed by atoms with Crippen molar-refractivity contribution < 1.29 is 14.4 Å². The minimum Gasteiger partial charge on any atom is -0.493 e. The van der Waals surface area contributed by atoms with Gasteiger partial charge in [-0.1, -0.05) is 11.6 Å². The van der Waals surface area contributed by atoms with Crippen LogP contribution >= 0.6 is 11.6 Å². The molecule has 98 valence electrons. The Morgan fingerprint density at radius 2 is 2.05 bits per heavy atom. The van der Waals surface area contributed by atoms with Gasteiger partial charge < -0.3 is 9.47 Å². The molecule has 19 heavy (non-hydrogen) atoms. The van der Waals surface area contributed by atoms with Gasteiger partial charge in [-0.2, -0.15) is 0 Å². The topological polar surface area (TPSA) is 87.4 Å². The third-order valence-corrected chi connectivity index (χ3v) is 2.39. The molecule has 0 saturated heterocycles. The summed E-state index contributed by atoms with van der Waals surface area (Å²) in [5, 5.41) is 10.9. The number of methoxy groups -OCH3 is 1. The van der Waals surface area contributed by atoms with E-state index in [1.807, 2.05) is 0 Å². The number of nitro groups is 1. The number of nitro benzene ring substituents is 1. The lowest BCUT2D eigenvalue weighted by atomic mass is 10.3. The summed E-state index contributed by atoms with van der Waals surface area (Å²) >= 11 is 5.70. The van der Waals surface area contributed by atoms with Crippen LogP contribution in [0.2, 0.25) is 5.15 Å². The predicted octanol–water partition coefficient (Wildman–Crippen LogP) is 2.84. The van der Waals surface area contributed by atoms with Crippen molar-refractivity contribution in [2.45, 2.75) is 0 Å². The van der Waals surface area contributed by atoms with Crippen LogP contribution in [0.25, 0.3) is 0 Å². The third kappa shape index (κ3) is 3.08. The lowest BCUT2D eigenvalue weighted by Crippen LogP contribution is -1.95. The Hall–Kier alpha value is -2.41. The molecule has 1 aromatic heterocycles. The van der Waals surface area contributed by atoms with Crippen LogP contribution in [-0.2, 0) is 0 Å². The van der Waals surface area contributed by atoms with Crippen LogP contribution in [-0.4, -0.2) is 22.0 Å². The number of aromatic nitrogens is 2. The molecule has 0 aliphatic carbocycles. The van der Waals surface area contributed by atoms with Gasteiger partial charge in [0.05, 0.1) is 18.1 Å². The zero-order chi connectivity index (χ0) is 13.8. The van der Waals surface area contributed by atoms with E-state index in [4.69, 9.17) is 21.1 Å². The van der Waals surface area contributed by atoms with E-state index in [1.165, 1.54) is 37.7 Å². The fourth-order valence-electron chi connectivity index (χ4n) is 1.34. The highest BCUT2D eigenvalue weighted by atomic mass is 35.5. The van der Waals surface area contributed by atoms with E-state index < -0.39 is 4.92 Å². The lowest BCUT2D eigenvalue weighted by molar-refractivity contribution is -0.384. The van der Waals surface area contributed by atoms with Gasteiger partial charge in [-0.25, -0.2) is 9.97 Å². The fourth-order valence-corrected chi connectivity index (χ4v) is 1.48. The highest BCUT2D eigenvalue weighted by molar-refractivity contribution is 6.29. The molecule has 0 aliphatic heterocycles. The van der Waals surface area contributed by atoms with E-state index in [-0.39, 0.29) is 22.5 Å². The van der Waals surface area contributed by atoms with Crippen molar-refractivity contribution in [3.63, 3.8) is 0 Å². The van der Waals surface area contributed by atoms with Crippen molar-refractivity contribution in [2.24, 2.45) is 0 Å². The normalized spacial score (nSPS) is 10.0. The second-order valence-corrected chi connectivity index (χ2v) is 3.76. The predicted molar refractivity (Wildman–Crippen MR) is 66.8 cm³/mol. The summed E-state index contributed by atoms with van der Waals surface area (Å²) in [6.07, 6.45) is 1.25. The van der Waals surface area contributed by atoms with Crippen molar-refractivity contribution in [3.05, 3.63) is 45.9 Å². The molecule has 0 atom stereocenters. The van der Waals surface area contributed by atoms with Crippen molar-refractivity contribution in [2.75, 3.05) is 7.11 Å². The van der Waals surface area contributed by atoms with E-state index in [2.05, 4.69) is 9.97 Å². The fraction of sp³-hybridized carbons (Fsp3) is 0.0909. The lowest BCUT2D eigenvalue weighted by Gasteiger charge is -2.08. The standard InChI is InChI=1S/C11H8ClN3O4/c1-18-9-4-7(15(16)17)2-3-8(9)19-11-5-10(12)13-6-14-11/h2-6H,1H3. The van der Waals surface area contributed by atoms with E-state index in [1.54, 1.807) is 0 Å². The van der Waals surface area contributed by atoms with Crippen molar-refractivity contribution in [1.29, 1.82) is 0 Å². The van der Waals surface area contributed by atoms with Gasteiger partial charge in [-0.05, 0) is 6.07 Å². The first-order chi connectivity index (χ1) is 9.10. The van der Waals surface area contributed by atoms with Crippen LogP contribution in [0.5, 0.6) is 17.4 Å². The molecule has 1 aromatic carbocycles.